The minimum Gasteiger partial charge on any atom is -0.385 e. The molecule has 1 aromatic rings. The third-order valence-electron chi connectivity index (χ3n) is 3.35. The van der Waals surface area contributed by atoms with Crippen LogP contribution in [-0.2, 0) is 17.7 Å². The molecule has 1 aliphatic rings. The zero-order valence-corrected chi connectivity index (χ0v) is 12.2. The van der Waals surface area contributed by atoms with Crippen LogP contribution in [0.4, 0.5) is 5.69 Å². The lowest BCUT2D eigenvalue weighted by atomic mass is 9.99. The predicted molar refractivity (Wildman–Crippen MR) is 80.6 cm³/mol. The summed E-state index contributed by atoms with van der Waals surface area (Å²) in [5, 5.41) is 6.99. The van der Waals surface area contributed by atoms with E-state index >= 15 is 0 Å². The molecule has 0 spiro atoms. The Morgan fingerprint density at radius 2 is 2.26 bits per heavy atom. The van der Waals surface area contributed by atoms with Gasteiger partial charge < -0.3 is 15.4 Å². The minimum atomic E-state index is 0.616. The van der Waals surface area contributed by atoms with Crippen molar-refractivity contribution in [1.29, 1.82) is 0 Å². The fraction of sp³-hybridized carbons (Fsp3) is 0.625. The van der Waals surface area contributed by atoms with E-state index in [0.717, 1.165) is 32.8 Å². The number of hydrogen-bond donors (Lipinski definition) is 2. The summed E-state index contributed by atoms with van der Waals surface area (Å²) < 4.78 is 5.57. The number of benzene rings is 1. The summed E-state index contributed by atoms with van der Waals surface area (Å²) in [6.45, 7) is 8.93. The van der Waals surface area contributed by atoms with Gasteiger partial charge >= 0.3 is 0 Å². The highest BCUT2D eigenvalue weighted by Gasteiger charge is 2.11. The molecule has 1 heterocycles. The van der Waals surface area contributed by atoms with Crippen LogP contribution in [0.1, 0.15) is 31.4 Å². The molecule has 0 unspecified atom stereocenters. The Kier molecular flexibility index (Phi) is 5.67. The Balaban J connectivity index is 1.74. The van der Waals surface area contributed by atoms with Gasteiger partial charge in [-0.1, -0.05) is 32.0 Å². The van der Waals surface area contributed by atoms with E-state index in [9.17, 15) is 0 Å². The molecule has 106 valence electrons. The molecule has 1 aromatic carbocycles. The third kappa shape index (κ3) is 4.51. The van der Waals surface area contributed by atoms with Crippen LogP contribution in [0.15, 0.2) is 18.2 Å². The SMILES string of the molecule is CC(C)COCCNCc1cccc2c1NCCC2. The summed E-state index contributed by atoms with van der Waals surface area (Å²) in [6.07, 6.45) is 2.45. The average molecular weight is 262 g/mol. The lowest BCUT2D eigenvalue weighted by Crippen LogP contribution is -2.22. The summed E-state index contributed by atoms with van der Waals surface area (Å²) in [4.78, 5) is 0. The van der Waals surface area contributed by atoms with E-state index in [0.29, 0.717) is 5.92 Å². The first-order chi connectivity index (χ1) is 9.27. The Labute approximate surface area is 116 Å². The van der Waals surface area contributed by atoms with Gasteiger partial charge in [-0.25, -0.2) is 0 Å². The number of aryl methyl sites for hydroxylation is 1. The van der Waals surface area contributed by atoms with Gasteiger partial charge in [0.15, 0.2) is 0 Å². The first-order valence-electron chi connectivity index (χ1n) is 7.40. The van der Waals surface area contributed by atoms with Crippen molar-refractivity contribution in [3.8, 4) is 0 Å². The molecule has 19 heavy (non-hydrogen) atoms. The predicted octanol–water partition coefficient (Wildman–Crippen LogP) is 2.81. The van der Waals surface area contributed by atoms with Gasteiger partial charge in [0.05, 0.1) is 6.61 Å². The van der Waals surface area contributed by atoms with Crippen molar-refractivity contribution in [1.82, 2.24) is 5.32 Å². The van der Waals surface area contributed by atoms with Gasteiger partial charge in [-0.15, -0.1) is 0 Å². The number of fused-ring (bicyclic) bond motifs is 1. The molecule has 2 rings (SSSR count). The molecular formula is C16H26N2O. The van der Waals surface area contributed by atoms with Crippen LogP contribution >= 0.6 is 0 Å². The van der Waals surface area contributed by atoms with Gasteiger partial charge in [0.25, 0.3) is 0 Å². The fourth-order valence-electron chi connectivity index (χ4n) is 2.41. The highest BCUT2D eigenvalue weighted by Crippen LogP contribution is 2.25. The van der Waals surface area contributed by atoms with E-state index < -0.39 is 0 Å². The molecule has 0 amide bonds. The van der Waals surface area contributed by atoms with Crippen molar-refractivity contribution in [2.75, 3.05) is 31.6 Å². The Bertz CT molecular complexity index is 390. The maximum atomic E-state index is 5.57. The van der Waals surface area contributed by atoms with E-state index in [2.05, 4.69) is 42.7 Å². The van der Waals surface area contributed by atoms with Crippen LogP contribution in [-0.4, -0.2) is 26.3 Å². The molecule has 1 aliphatic heterocycles. The van der Waals surface area contributed by atoms with Crippen LogP contribution in [0.3, 0.4) is 0 Å². The number of hydrogen-bond acceptors (Lipinski definition) is 3. The van der Waals surface area contributed by atoms with Crippen LogP contribution in [0.5, 0.6) is 0 Å². The van der Waals surface area contributed by atoms with Gasteiger partial charge in [-0.3, -0.25) is 0 Å². The number of rotatable bonds is 7. The highest BCUT2D eigenvalue weighted by molar-refractivity contribution is 5.59. The average Bonchev–Trinajstić information content (AvgIpc) is 2.42. The van der Waals surface area contributed by atoms with Gasteiger partial charge in [0.1, 0.15) is 0 Å². The largest absolute Gasteiger partial charge is 0.385 e. The van der Waals surface area contributed by atoms with Crippen LogP contribution in [0.25, 0.3) is 0 Å². The van der Waals surface area contributed by atoms with E-state index in [1.54, 1.807) is 0 Å². The lowest BCUT2D eigenvalue weighted by Gasteiger charge is -2.21. The second-order valence-corrected chi connectivity index (χ2v) is 5.63. The number of para-hydroxylation sites is 1. The van der Waals surface area contributed by atoms with Crippen molar-refractivity contribution >= 4 is 5.69 Å². The maximum absolute atomic E-state index is 5.57. The van der Waals surface area contributed by atoms with E-state index in [1.807, 2.05) is 0 Å². The quantitative estimate of drug-likeness (QED) is 0.741. The molecule has 0 atom stereocenters. The Morgan fingerprint density at radius 1 is 1.37 bits per heavy atom. The molecule has 0 fully saturated rings. The van der Waals surface area contributed by atoms with E-state index in [1.165, 1.54) is 29.7 Å². The fourth-order valence-corrected chi connectivity index (χ4v) is 2.41. The van der Waals surface area contributed by atoms with Gasteiger partial charge in [0, 0.05) is 31.9 Å². The molecule has 0 bridgehead atoms. The maximum Gasteiger partial charge on any atom is 0.0591 e. The molecule has 0 aromatic heterocycles. The van der Waals surface area contributed by atoms with Crippen LogP contribution in [0.2, 0.25) is 0 Å². The van der Waals surface area contributed by atoms with Crippen molar-refractivity contribution in [2.45, 2.75) is 33.2 Å². The van der Waals surface area contributed by atoms with Crippen molar-refractivity contribution in [3.63, 3.8) is 0 Å². The smallest absolute Gasteiger partial charge is 0.0591 e. The number of ether oxygens (including phenoxy) is 1. The topological polar surface area (TPSA) is 33.3 Å². The summed E-state index contributed by atoms with van der Waals surface area (Å²) in [5.74, 6) is 0.616. The molecular weight excluding hydrogens is 236 g/mol. The summed E-state index contributed by atoms with van der Waals surface area (Å²) in [6, 6.07) is 6.61. The summed E-state index contributed by atoms with van der Waals surface area (Å²) in [7, 11) is 0. The second-order valence-electron chi connectivity index (χ2n) is 5.63. The molecule has 0 aliphatic carbocycles. The third-order valence-corrected chi connectivity index (χ3v) is 3.35. The molecule has 0 saturated heterocycles. The van der Waals surface area contributed by atoms with E-state index in [4.69, 9.17) is 4.74 Å². The monoisotopic (exact) mass is 262 g/mol. The first-order valence-corrected chi connectivity index (χ1v) is 7.40. The first kappa shape index (κ1) is 14.4. The number of nitrogens with one attached hydrogen (secondary N) is 2. The normalized spacial score (nSPS) is 14.3. The zero-order valence-electron chi connectivity index (χ0n) is 12.2. The Morgan fingerprint density at radius 3 is 3.11 bits per heavy atom. The zero-order chi connectivity index (χ0) is 13.5. The summed E-state index contributed by atoms with van der Waals surface area (Å²) >= 11 is 0. The molecule has 3 nitrogen and oxygen atoms in total. The highest BCUT2D eigenvalue weighted by atomic mass is 16.5. The van der Waals surface area contributed by atoms with Crippen molar-refractivity contribution in [3.05, 3.63) is 29.3 Å². The molecule has 0 radical (unpaired) electrons. The lowest BCUT2D eigenvalue weighted by molar-refractivity contribution is 0.111. The Hall–Kier alpha value is -1.06. The molecule has 0 saturated carbocycles. The van der Waals surface area contributed by atoms with Gasteiger partial charge in [-0.05, 0) is 29.9 Å². The number of anilines is 1. The van der Waals surface area contributed by atoms with Gasteiger partial charge in [0.2, 0.25) is 0 Å². The molecule has 3 heteroatoms. The standard InChI is InChI=1S/C16H26N2O/c1-13(2)12-19-10-9-17-11-15-6-3-5-14-7-4-8-18-16(14)15/h3,5-6,13,17-18H,4,7-12H2,1-2H3. The van der Waals surface area contributed by atoms with Crippen LogP contribution in [0, 0.1) is 5.92 Å². The minimum absolute atomic E-state index is 0.616. The van der Waals surface area contributed by atoms with Crippen LogP contribution < -0.4 is 10.6 Å². The van der Waals surface area contributed by atoms with E-state index in [-0.39, 0.29) is 0 Å². The van der Waals surface area contributed by atoms with Crippen molar-refractivity contribution < 1.29 is 4.74 Å². The summed E-state index contributed by atoms with van der Waals surface area (Å²) in [5.41, 5.74) is 4.19. The molecule has 2 N–H and O–H groups in total. The van der Waals surface area contributed by atoms with Gasteiger partial charge in [-0.2, -0.15) is 0 Å². The second kappa shape index (κ2) is 7.51. The van der Waals surface area contributed by atoms with Crippen molar-refractivity contribution in [2.24, 2.45) is 5.92 Å².